The molecule has 1 heterocycles. The first-order valence-corrected chi connectivity index (χ1v) is 9.02. The Morgan fingerprint density at radius 3 is 2.56 bits per heavy atom. The Kier molecular flexibility index (Phi) is 5.55. The molecule has 0 bridgehead atoms. The number of anilines is 1. The first-order chi connectivity index (χ1) is 12.8. The number of imidazole rings is 1. The zero-order chi connectivity index (χ0) is 19.4. The summed E-state index contributed by atoms with van der Waals surface area (Å²) in [6, 6.07) is 12.8. The molecule has 140 valence electrons. The normalized spacial score (nSPS) is 11.4. The van der Waals surface area contributed by atoms with Crippen molar-refractivity contribution in [3.05, 3.63) is 65.9 Å². The molecule has 1 amide bonds. The molecule has 0 atom stereocenters. The molecule has 0 aliphatic rings. The summed E-state index contributed by atoms with van der Waals surface area (Å²) in [7, 11) is 0. The molecule has 0 saturated heterocycles. The van der Waals surface area contributed by atoms with Gasteiger partial charge < -0.3 is 10.3 Å². The van der Waals surface area contributed by atoms with Gasteiger partial charge >= 0.3 is 6.18 Å². The number of rotatable bonds is 5. The van der Waals surface area contributed by atoms with Crippen LogP contribution < -0.4 is 5.32 Å². The second-order valence-corrected chi connectivity index (χ2v) is 6.81. The minimum atomic E-state index is -4.53. The monoisotopic (exact) mass is 391 g/mol. The van der Waals surface area contributed by atoms with Crippen LogP contribution in [0.2, 0.25) is 0 Å². The van der Waals surface area contributed by atoms with Crippen LogP contribution in [0.3, 0.4) is 0 Å². The van der Waals surface area contributed by atoms with Gasteiger partial charge in [0.1, 0.15) is 0 Å². The van der Waals surface area contributed by atoms with Crippen molar-refractivity contribution >= 4 is 23.4 Å². The first-order valence-electron chi connectivity index (χ1n) is 8.04. The molecule has 27 heavy (non-hydrogen) atoms. The summed E-state index contributed by atoms with van der Waals surface area (Å²) in [5, 5.41) is 2.83. The summed E-state index contributed by atoms with van der Waals surface area (Å²) >= 11 is 1.12. The number of alkyl halides is 3. The van der Waals surface area contributed by atoms with E-state index < -0.39 is 17.6 Å². The van der Waals surface area contributed by atoms with E-state index in [2.05, 4.69) is 15.3 Å². The topological polar surface area (TPSA) is 57.8 Å². The van der Waals surface area contributed by atoms with E-state index in [0.29, 0.717) is 5.16 Å². The third-order valence-corrected chi connectivity index (χ3v) is 4.65. The number of aromatic amines is 1. The van der Waals surface area contributed by atoms with Gasteiger partial charge in [0.2, 0.25) is 5.91 Å². The number of benzene rings is 2. The van der Waals surface area contributed by atoms with E-state index in [-0.39, 0.29) is 11.4 Å². The van der Waals surface area contributed by atoms with Gasteiger partial charge in [0, 0.05) is 0 Å². The van der Waals surface area contributed by atoms with Crippen molar-refractivity contribution in [3.8, 4) is 11.3 Å². The molecule has 2 aromatic carbocycles. The molecular weight excluding hydrogens is 375 g/mol. The SMILES string of the molecule is Cc1ccc(-c2cnc(SCC(=O)Nc3ccccc3C(F)(F)F)[nH]2)cc1. The van der Waals surface area contributed by atoms with Gasteiger partial charge in [0.15, 0.2) is 5.16 Å². The van der Waals surface area contributed by atoms with Crippen molar-refractivity contribution < 1.29 is 18.0 Å². The predicted molar refractivity (Wildman–Crippen MR) is 99.6 cm³/mol. The number of halogens is 3. The highest BCUT2D eigenvalue weighted by atomic mass is 32.2. The Balaban J connectivity index is 1.61. The number of nitrogens with one attached hydrogen (secondary N) is 2. The zero-order valence-electron chi connectivity index (χ0n) is 14.3. The van der Waals surface area contributed by atoms with Crippen molar-refractivity contribution in [2.24, 2.45) is 0 Å². The lowest BCUT2D eigenvalue weighted by atomic mass is 10.1. The largest absolute Gasteiger partial charge is 0.418 e. The maximum Gasteiger partial charge on any atom is 0.418 e. The molecule has 0 spiro atoms. The van der Waals surface area contributed by atoms with E-state index in [0.717, 1.165) is 34.6 Å². The highest BCUT2D eigenvalue weighted by Crippen LogP contribution is 2.34. The number of carbonyl (C=O) groups is 1. The van der Waals surface area contributed by atoms with E-state index in [4.69, 9.17) is 0 Å². The lowest BCUT2D eigenvalue weighted by Gasteiger charge is -2.13. The van der Waals surface area contributed by atoms with Crippen LogP contribution in [-0.2, 0) is 11.0 Å². The molecule has 0 fully saturated rings. The zero-order valence-corrected chi connectivity index (χ0v) is 15.1. The van der Waals surface area contributed by atoms with Gasteiger partial charge in [-0.05, 0) is 24.6 Å². The van der Waals surface area contributed by atoms with Crippen molar-refractivity contribution in [2.75, 3.05) is 11.1 Å². The van der Waals surface area contributed by atoms with Gasteiger partial charge in [-0.2, -0.15) is 13.2 Å². The number of para-hydroxylation sites is 1. The predicted octanol–water partition coefficient (Wildman–Crippen LogP) is 5.13. The molecule has 0 unspecified atom stereocenters. The summed E-state index contributed by atoms with van der Waals surface area (Å²) in [6.07, 6.45) is -2.87. The number of thioether (sulfide) groups is 1. The van der Waals surface area contributed by atoms with Crippen LogP contribution in [0.4, 0.5) is 18.9 Å². The minimum absolute atomic E-state index is 0.0625. The van der Waals surface area contributed by atoms with Gasteiger partial charge in [-0.3, -0.25) is 4.79 Å². The highest BCUT2D eigenvalue weighted by molar-refractivity contribution is 7.99. The quantitative estimate of drug-likeness (QED) is 0.593. The number of hydrogen-bond acceptors (Lipinski definition) is 3. The van der Waals surface area contributed by atoms with Crippen molar-refractivity contribution in [1.29, 1.82) is 0 Å². The molecule has 1 aromatic heterocycles. The molecule has 0 aliphatic carbocycles. The van der Waals surface area contributed by atoms with E-state index in [1.54, 1.807) is 6.20 Å². The number of carbonyl (C=O) groups excluding carboxylic acids is 1. The Morgan fingerprint density at radius 2 is 1.85 bits per heavy atom. The Bertz CT molecular complexity index is 936. The fourth-order valence-electron chi connectivity index (χ4n) is 2.42. The standard InChI is InChI=1S/C19H16F3N3OS/c1-12-6-8-13(9-7-12)16-10-23-18(25-16)27-11-17(26)24-15-5-3-2-4-14(15)19(20,21)22/h2-10H,11H2,1H3,(H,23,25)(H,24,26). The van der Waals surface area contributed by atoms with Crippen LogP contribution >= 0.6 is 11.8 Å². The van der Waals surface area contributed by atoms with E-state index >= 15 is 0 Å². The number of hydrogen-bond donors (Lipinski definition) is 2. The van der Waals surface area contributed by atoms with E-state index in [1.807, 2.05) is 31.2 Å². The molecule has 0 saturated carbocycles. The molecule has 0 radical (unpaired) electrons. The summed E-state index contributed by atoms with van der Waals surface area (Å²) in [4.78, 5) is 19.3. The van der Waals surface area contributed by atoms with Crippen LogP contribution in [0.5, 0.6) is 0 Å². The third kappa shape index (κ3) is 4.91. The smallest absolute Gasteiger partial charge is 0.333 e. The highest BCUT2D eigenvalue weighted by Gasteiger charge is 2.33. The van der Waals surface area contributed by atoms with Crippen molar-refractivity contribution in [1.82, 2.24) is 9.97 Å². The fourth-order valence-corrected chi connectivity index (χ4v) is 3.06. The number of aryl methyl sites for hydroxylation is 1. The number of aromatic nitrogens is 2. The Morgan fingerprint density at radius 1 is 1.15 bits per heavy atom. The lowest BCUT2D eigenvalue weighted by Crippen LogP contribution is -2.18. The molecule has 2 N–H and O–H groups in total. The molecule has 8 heteroatoms. The van der Waals surface area contributed by atoms with Crippen LogP contribution in [0, 0.1) is 6.92 Å². The third-order valence-electron chi connectivity index (χ3n) is 3.76. The first kappa shape index (κ1) is 19.0. The Hall–Kier alpha value is -2.74. The molecular formula is C19H16F3N3OS. The fraction of sp³-hybridized carbons (Fsp3) is 0.158. The average Bonchev–Trinajstić information content (AvgIpc) is 3.09. The second kappa shape index (κ2) is 7.87. The summed E-state index contributed by atoms with van der Waals surface area (Å²) in [5.74, 6) is -0.600. The van der Waals surface area contributed by atoms with E-state index in [1.165, 1.54) is 18.2 Å². The summed E-state index contributed by atoms with van der Waals surface area (Å²) in [5.41, 5.74) is 1.78. The van der Waals surface area contributed by atoms with Crippen molar-refractivity contribution in [2.45, 2.75) is 18.3 Å². The lowest BCUT2D eigenvalue weighted by molar-refractivity contribution is -0.137. The van der Waals surface area contributed by atoms with Gasteiger partial charge in [-0.25, -0.2) is 4.98 Å². The second-order valence-electron chi connectivity index (χ2n) is 5.85. The van der Waals surface area contributed by atoms with Crippen LogP contribution in [0.1, 0.15) is 11.1 Å². The average molecular weight is 391 g/mol. The van der Waals surface area contributed by atoms with Crippen LogP contribution in [0.15, 0.2) is 59.9 Å². The van der Waals surface area contributed by atoms with Gasteiger partial charge in [0.05, 0.1) is 28.9 Å². The van der Waals surface area contributed by atoms with E-state index in [9.17, 15) is 18.0 Å². The number of amides is 1. The molecule has 3 aromatic rings. The number of H-pyrrole nitrogens is 1. The molecule has 3 rings (SSSR count). The van der Waals surface area contributed by atoms with Crippen LogP contribution in [0.25, 0.3) is 11.3 Å². The van der Waals surface area contributed by atoms with Gasteiger partial charge in [0.25, 0.3) is 0 Å². The maximum atomic E-state index is 13.0. The van der Waals surface area contributed by atoms with Crippen LogP contribution in [-0.4, -0.2) is 21.6 Å². The van der Waals surface area contributed by atoms with Gasteiger partial charge in [-0.15, -0.1) is 0 Å². The Labute approximate surface area is 158 Å². The summed E-state index contributed by atoms with van der Waals surface area (Å²) in [6.45, 7) is 1.99. The maximum absolute atomic E-state index is 13.0. The molecule has 0 aliphatic heterocycles. The summed E-state index contributed by atoms with van der Waals surface area (Å²) < 4.78 is 38.9. The van der Waals surface area contributed by atoms with Gasteiger partial charge in [-0.1, -0.05) is 53.7 Å². The number of nitrogens with zero attached hydrogens (tertiary/aromatic N) is 1. The molecule has 4 nitrogen and oxygen atoms in total. The minimum Gasteiger partial charge on any atom is -0.333 e. The van der Waals surface area contributed by atoms with Crippen molar-refractivity contribution in [3.63, 3.8) is 0 Å².